The van der Waals surface area contributed by atoms with Crippen LogP contribution in [0.2, 0.25) is 0 Å². The zero-order valence-electron chi connectivity index (χ0n) is 16.6. The number of ether oxygens (including phenoxy) is 1. The van der Waals surface area contributed by atoms with Crippen LogP contribution in [0.15, 0.2) is 24.3 Å². The molecule has 1 fully saturated rings. The summed E-state index contributed by atoms with van der Waals surface area (Å²) in [5, 5.41) is 6.07. The molecule has 29 heavy (non-hydrogen) atoms. The monoisotopic (exact) mass is 417 g/mol. The van der Waals surface area contributed by atoms with Gasteiger partial charge in [0, 0.05) is 12.5 Å². The molecule has 7 nitrogen and oxygen atoms in total. The van der Waals surface area contributed by atoms with Gasteiger partial charge < -0.3 is 10.1 Å². The van der Waals surface area contributed by atoms with Crippen LogP contribution in [0.4, 0.5) is 4.79 Å². The number of imide groups is 1. The highest BCUT2D eigenvalue weighted by Crippen LogP contribution is 2.23. The van der Waals surface area contributed by atoms with Crippen molar-refractivity contribution in [1.82, 2.24) is 15.6 Å². The van der Waals surface area contributed by atoms with E-state index in [1.165, 1.54) is 11.6 Å². The lowest BCUT2D eigenvalue weighted by Crippen LogP contribution is -2.47. The normalized spacial score (nSPS) is 15.2. The summed E-state index contributed by atoms with van der Waals surface area (Å²) in [5.74, 6) is -1.04. The molecule has 0 radical (unpaired) electrons. The molecule has 0 bridgehead atoms. The Labute approximate surface area is 174 Å². The molecule has 1 aromatic heterocycles. The Kier molecular flexibility index (Phi) is 7.57. The quantitative estimate of drug-likeness (QED) is 0.504. The number of urea groups is 1. The van der Waals surface area contributed by atoms with E-state index in [0.717, 1.165) is 49.0 Å². The highest BCUT2D eigenvalue weighted by Gasteiger charge is 2.22. The lowest BCUT2D eigenvalue weighted by atomic mass is 10.2. The Balaban J connectivity index is 1.31. The first kappa shape index (κ1) is 21.2. The number of thiazole rings is 1. The smallest absolute Gasteiger partial charge is 0.321 e. The number of amides is 3. The lowest BCUT2D eigenvalue weighted by Gasteiger charge is -2.15. The number of carbonyl (C=O) groups is 3. The number of esters is 1. The highest BCUT2D eigenvalue weighted by atomic mass is 32.1. The molecule has 1 heterocycles. The van der Waals surface area contributed by atoms with Crippen LogP contribution in [-0.2, 0) is 20.7 Å². The molecule has 156 valence electrons. The van der Waals surface area contributed by atoms with E-state index in [1.807, 2.05) is 24.3 Å². The summed E-state index contributed by atoms with van der Waals surface area (Å²) in [4.78, 5) is 40.4. The van der Waals surface area contributed by atoms with Crippen LogP contribution in [0.5, 0.6) is 0 Å². The van der Waals surface area contributed by atoms with Crippen molar-refractivity contribution < 1.29 is 19.1 Å². The maximum atomic E-state index is 12.0. The average molecular weight is 418 g/mol. The number of fused-ring (bicyclic) bond motifs is 1. The zero-order chi connectivity index (χ0) is 20.6. The van der Waals surface area contributed by atoms with Gasteiger partial charge in [0.05, 0.1) is 15.2 Å². The van der Waals surface area contributed by atoms with Gasteiger partial charge in [-0.1, -0.05) is 25.0 Å². The van der Waals surface area contributed by atoms with Gasteiger partial charge in [0.25, 0.3) is 5.91 Å². The van der Waals surface area contributed by atoms with Crippen LogP contribution in [0, 0.1) is 0 Å². The number of aromatic nitrogens is 1. The van der Waals surface area contributed by atoms with Crippen molar-refractivity contribution in [1.29, 1.82) is 0 Å². The van der Waals surface area contributed by atoms with Crippen LogP contribution in [-0.4, -0.2) is 35.0 Å². The van der Waals surface area contributed by atoms with Gasteiger partial charge in [0.2, 0.25) is 0 Å². The van der Waals surface area contributed by atoms with Crippen molar-refractivity contribution in [2.24, 2.45) is 0 Å². The minimum Gasteiger partial charge on any atom is -0.453 e. The fourth-order valence-electron chi connectivity index (χ4n) is 3.39. The minimum absolute atomic E-state index is 0.121. The van der Waals surface area contributed by atoms with Crippen LogP contribution >= 0.6 is 11.3 Å². The third kappa shape index (κ3) is 6.52. The van der Waals surface area contributed by atoms with Gasteiger partial charge in [-0.25, -0.2) is 9.78 Å². The van der Waals surface area contributed by atoms with Gasteiger partial charge in [-0.3, -0.25) is 14.9 Å². The molecule has 3 amide bonds. The molecular weight excluding hydrogens is 390 g/mol. The number of hydrogen-bond donors (Lipinski definition) is 2. The topological polar surface area (TPSA) is 97.4 Å². The Morgan fingerprint density at radius 3 is 2.72 bits per heavy atom. The summed E-state index contributed by atoms with van der Waals surface area (Å²) in [7, 11) is 0. The summed E-state index contributed by atoms with van der Waals surface area (Å²) in [6, 6.07) is 7.60. The fraction of sp³-hybridized carbons (Fsp3) is 0.524. The first-order chi connectivity index (χ1) is 14.0. The summed E-state index contributed by atoms with van der Waals surface area (Å²) in [6.07, 6.45) is 5.57. The zero-order valence-corrected chi connectivity index (χ0v) is 17.4. The highest BCUT2D eigenvalue weighted by molar-refractivity contribution is 7.18. The van der Waals surface area contributed by atoms with Crippen molar-refractivity contribution in [2.45, 2.75) is 70.4 Å². The Morgan fingerprint density at radius 2 is 1.97 bits per heavy atom. The Hall–Kier alpha value is -2.48. The van der Waals surface area contributed by atoms with Crippen LogP contribution < -0.4 is 10.6 Å². The van der Waals surface area contributed by atoms with Crippen LogP contribution in [0.3, 0.4) is 0 Å². The Bertz CT molecular complexity index is 827. The number of carbonyl (C=O) groups excluding carboxylic acids is 3. The second kappa shape index (κ2) is 10.3. The van der Waals surface area contributed by atoms with E-state index in [-0.39, 0.29) is 12.5 Å². The second-order valence-corrected chi connectivity index (χ2v) is 8.47. The van der Waals surface area contributed by atoms with Crippen molar-refractivity contribution in [3.8, 4) is 0 Å². The van der Waals surface area contributed by atoms with E-state index >= 15 is 0 Å². The van der Waals surface area contributed by atoms with E-state index < -0.39 is 24.0 Å². The number of rotatable bonds is 8. The fourth-order valence-corrected chi connectivity index (χ4v) is 4.40. The van der Waals surface area contributed by atoms with E-state index in [1.54, 1.807) is 11.3 Å². The van der Waals surface area contributed by atoms with Gasteiger partial charge in [-0.2, -0.15) is 0 Å². The standard InChI is InChI=1S/C21H27N3O4S/c1-14(20(26)24-21(27)22-15-8-2-3-9-15)28-19(25)13-7-6-12-18-23-16-10-4-5-11-17(16)29-18/h4-5,10-11,14-15H,2-3,6-9,12-13H2,1H3,(H2,22,24,26,27)/t14-/m0/s1. The molecule has 0 unspecified atom stereocenters. The SMILES string of the molecule is C[C@H](OC(=O)CCCCc1nc2ccccc2s1)C(=O)NC(=O)NC1CCCC1. The molecule has 3 rings (SSSR count). The summed E-state index contributed by atoms with van der Waals surface area (Å²) in [6.45, 7) is 1.47. The molecule has 1 aromatic carbocycles. The van der Waals surface area contributed by atoms with E-state index in [9.17, 15) is 14.4 Å². The largest absolute Gasteiger partial charge is 0.453 e. The number of para-hydroxylation sites is 1. The second-order valence-electron chi connectivity index (χ2n) is 7.36. The van der Waals surface area contributed by atoms with Crippen molar-refractivity contribution in [2.75, 3.05) is 0 Å². The molecule has 1 aliphatic rings. The number of nitrogens with one attached hydrogen (secondary N) is 2. The third-order valence-corrected chi connectivity index (χ3v) is 6.06. The maximum absolute atomic E-state index is 12.0. The number of benzene rings is 1. The molecule has 2 N–H and O–H groups in total. The van der Waals surface area contributed by atoms with Gasteiger partial charge in [-0.05, 0) is 51.2 Å². The van der Waals surface area contributed by atoms with Crippen LogP contribution in [0.25, 0.3) is 10.2 Å². The molecule has 0 spiro atoms. The molecule has 0 saturated heterocycles. The molecule has 0 aliphatic heterocycles. The molecule has 1 atom stereocenters. The molecule has 1 aliphatic carbocycles. The van der Waals surface area contributed by atoms with Crippen molar-refractivity contribution >= 4 is 39.5 Å². The van der Waals surface area contributed by atoms with Crippen molar-refractivity contribution in [3.05, 3.63) is 29.3 Å². The van der Waals surface area contributed by atoms with E-state index in [0.29, 0.717) is 6.42 Å². The third-order valence-electron chi connectivity index (χ3n) is 4.96. The summed E-state index contributed by atoms with van der Waals surface area (Å²) < 4.78 is 6.30. The van der Waals surface area contributed by atoms with Gasteiger partial charge in [-0.15, -0.1) is 11.3 Å². The first-order valence-electron chi connectivity index (χ1n) is 10.2. The Morgan fingerprint density at radius 1 is 1.21 bits per heavy atom. The number of unbranched alkanes of at least 4 members (excludes halogenated alkanes) is 1. The number of aryl methyl sites for hydroxylation is 1. The predicted octanol–water partition coefficient (Wildman–Crippen LogP) is 3.71. The first-order valence-corrected chi connectivity index (χ1v) is 11.0. The summed E-state index contributed by atoms with van der Waals surface area (Å²) in [5.41, 5.74) is 1.00. The number of hydrogen-bond acceptors (Lipinski definition) is 6. The van der Waals surface area contributed by atoms with Gasteiger partial charge in [0.15, 0.2) is 6.10 Å². The molecule has 1 saturated carbocycles. The van der Waals surface area contributed by atoms with Crippen LogP contribution in [0.1, 0.15) is 56.9 Å². The average Bonchev–Trinajstić information content (AvgIpc) is 3.34. The summed E-state index contributed by atoms with van der Waals surface area (Å²) >= 11 is 1.67. The number of nitrogens with zero attached hydrogens (tertiary/aromatic N) is 1. The van der Waals surface area contributed by atoms with Gasteiger partial charge >= 0.3 is 12.0 Å². The van der Waals surface area contributed by atoms with Crippen molar-refractivity contribution in [3.63, 3.8) is 0 Å². The minimum atomic E-state index is -0.999. The van der Waals surface area contributed by atoms with Gasteiger partial charge in [0.1, 0.15) is 0 Å². The molecule has 8 heteroatoms. The molecule has 2 aromatic rings. The lowest BCUT2D eigenvalue weighted by molar-refractivity contribution is -0.154. The van der Waals surface area contributed by atoms with E-state index in [4.69, 9.17) is 4.74 Å². The van der Waals surface area contributed by atoms with E-state index in [2.05, 4.69) is 15.6 Å². The predicted molar refractivity (Wildman–Crippen MR) is 112 cm³/mol. The maximum Gasteiger partial charge on any atom is 0.321 e. The molecular formula is C21H27N3O4S.